The highest BCUT2D eigenvalue weighted by Gasteiger charge is 2.42. The molecule has 0 bridgehead atoms. The zero-order chi connectivity index (χ0) is 24.0. The fourth-order valence-corrected chi connectivity index (χ4v) is 3.94. The molecule has 1 aromatic rings. The van der Waals surface area contributed by atoms with Gasteiger partial charge in [-0.3, -0.25) is 9.48 Å². The molecule has 33 heavy (non-hydrogen) atoms. The lowest BCUT2D eigenvalue weighted by Crippen LogP contribution is -2.55. The molecule has 1 amide bonds. The number of piperazine rings is 1. The molecule has 15 heteroatoms. The van der Waals surface area contributed by atoms with Crippen molar-refractivity contribution < 1.29 is 31.1 Å². The van der Waals surface area contributed by atoms with Crippen molar-refractivity contribution in [3.8, 4) is 0 Å². The molecule has 3 atom stereocenters. The zero-order valence-corrected chi connectivity index (χ0v) is 17.2. The quantitative estimate of drug-likeness (QED) is 0.647. The number of hydrogen-bond acceptors (Lipinski definition) is 7. The van der Waals surface area contributed by atoms with Crippen molar-refractivity contribution in [3.05, 3.63) is 24.2 Å². The van der Waals surface area contributed by atoms with Gasteiger partial charge in [-0.25, -0.2) is 10.0 Å². The van der Waals surface area contributed by atoms with Crippen LogP contribution in [0.3, 0.4) is 0 Å². The molecule has 3 aliphatic heterocycles. The second kappa shape index (κ2) is 8.35. The maximum absolute atomic E-state index is 13.2. The highest BCUT2D eigenvalue weighted by Crippen LogP contribution is 2.34. The normalized spacial score (nSPS) is 25.3. The molecule has 0 aliphatic carbocycles. The molecule has 180 valence electrons. The number of amides is 1. The van der Waals surface area contributed by atoms with Gasteiger partial charge in [-0.05, 0) is 6.08 Å². The van der Waals surface area contributed by atoms with Crippen molar-refractivity contribution in [3.63, 3.8) is 0 Å². The monoisotopic (exact) mass is 478 g/mol. The van der Waals surface area contributed by atoms with E-state index in [9.17, 15) is 31.1 Å². The van der Waals surface area contributed by atoms with Crippen LogP contribution in [0, 0.1) is 5.92 Å². The number of rotatable bonds is 3. The summed E-state index contributed by atoms with van der Waals surface area (Å²) in [5.74, 6) is -1.60. The van der Waals surface area contributed by atoms with Crippen LogP contribution < -0.4 is 10.6 Å². The standard InChI is InChI=1S/C18H20F6N8O/c1-30-9-12(14(29-30)18(22,23)24)27-16(33)11-8-26-32-4-2-13(28-15(11)32)31-5-3-25-7-10(31)6-17(19,20)21/h2,4,8-11,15,25H,3,5-7H2,1H3,(H,27,33). The van der Waals surface area contributed by atoms with Crippen LogP contribution in [0.4, 0.5) is 32.0 Å². The van der Waals surface area contributed by atoms with Gasteiger partial charge in [0.1, 0.15) is 11.8 Å². The van der Waals surface area contributed by atoms with E-state index in [0.29, 0.717) is 6.54 Å². The smallest absolute Gasteiger partial charge is 0.351 e. The Morgan fingerprint density at radius 3 is 2.73 bits per heavy atom. The maximum atomic E-state index is 13.2. The van der Waals surface area contributed by atoms with Crippen molar-refractivity contribution >= 4 is 23.6 Å². The molecule has 0 saturated carbocycles. The predicted molar refractivity (Wildman–Crippen MR) is 105 cm³/mol. The van der Waals surface area contributed by atoms with E-state index in [1.807, 2.05) is 0 Å². The van der Waals surface area contributed by atoms with E-state index in [0.717, 1.165) is 10.9 Å². The summed E-state index contributed by atoms with van der Waals surface area (Å²) in [6.45, 7) is 0.846. The third-order valence-corrected chi connectivity index (χ3v) is 5.36. The second-order valence-electron chi connectivity index (χ2n) is 7.81. The number of carbonyl (C=O) groups excluding carboxylic acids is 1. The van der Waals surface area contributed by atoms with E-state index in [-0.39, 0.29) is 18.9 Å². The average Bonchev–Trinajstić information content (AvgIpc) is 3.29. The van der Waals surface area contributed by atoms with Gasteiger partial charge in [-0.2, -0.15) is 36.5 Å². The van der Waals surface area contributed by atoms with Gasteiger partial charge >= 0.3 is 12.4 Å². The van der Waals surface area contributed by atoms with Crippen LogP contribution >= 0.6 is 0 Å². The molecule has 4 rings (SSSR count). The highest BCUT2D eigenvalue weighted by atomic mass is 19.4. The van der Waals surface area contributed by atoms with Crippen molar-refractivity contribution in [1.29, 1.82) is 0 Å². The van der Waals surface area contributed by atoms with Gasteiger partial charge in [-0.15, -0.1) is 0 Å². The Bertz CT molecular complexity index is 997. The van der Waals surface area contributed by atoms with Crippen molar-refractivity contribution in [1.82, 2.24) is 25.0 Å². The van der Waals surface area contributed by atoms with Gasteiger partial charge in [-0.1, -0.05) is 0 Å². The Hall–Kier alpha value is -3.10. The van der Waals surface area contributed by atoms with E-state index in [4.69, 9.17) is 0 Å². The average molecular weight is 478 g/mol. The number of nitrogens with one attached hydrogen (secondary N) is 2. The largest absolute Gasteiger partial charge is 0.437 e. The lowest BCUT2D eigenvalue weighted by Gasteiger charge is -2.39. The van der Waals surface area contributed by atoms with Crippen LogP contribution in [-0.2, 0) is 18.0 Å². The van der Waals surface area contributed by atoms with E-state index < -0.39 is 54.2 Å². The summed E-state index contributed by atoms with van der Waals surface area (Å²) in [6.07, 6.45) is -5.85. The number of aliphatic imine (C=N–C) groups is 1. The summed E-state index contributed by atoms with van der Waals surface area (Å²) in [5, 5.41) is 13.9. The predicted octanol–water partition coefficient (Wildman–Crippen LogP) is 1.77. The lowest BCUT2D eigenvalue weighted by atomic mass is 10.1. The zero-order valence-electron chi connectivity index (χ0n) is 17.2. The second-order valence-corrected chi connectivity index (χ2v) is 7.81. The Balaban J connectivity index is 1.53. The molecule has 9 nitrogen and oxygen atoms in total. The minimum absolute atomic E-state index is 0.113. The topological polar surface area (TPSA) is 90.2 Å². The number of aromatic nitrogens is 2. The Morgan fingerprint density at radius 1 is 1.27 bits per heavy atom. The molecular formula is C18H20F6N8O. The molecule has 1 fully saturated rings. The molecule has 0 aromatic carbocycles. The van der Waals surface area contributed by atoms with Crippen LogP contribution in [0.1, 0.15) is 12.1 Å². The number of alkyl halides is 6. The van der Waals surface area contributed by atoms with E-state index in [1.54, 1.807) is 0 Å². The van der Waals surface area contributed by atoms with Gasteiger partial charge in [0.2, 0.25) is 5.91 Å². The number of amidine groups is 1. The Kier molecular flexibility index (Phi) is 5.84. The Labute approximate surface area is 183 Å². The number of fused-ring (bicyclic) bond motifs is 1. The van der Waals surface area contributed by atoms with Gasteiger partial charge in [0, 0.05) is 45.3 Å². The number of carbonyl (C=O) groups is 1. The third kappa shape index (κ3) is 4.96. The summed E-state index contributed by atoms with van der Waals surface area (Å²) in [7, 11) is 1.29. The molecule has 0 spiro atoms. The van der Waals surface area contributed by atoms with Gasteiger partial charge in [0.05, 0.1) is 18.2 Å². The first-order valence-electron chi connectivity index (χ1n) is 9.96. The minimum atomic E-state index is -4.77. The number of aryl methyl sites for hydroxylation is 1. The minimum Gasteiger partial charge on any atom is -0.351 e. The molecule has 3 unspecified atom stereocenters. The molecule has 3 aliphatic rings. The van der Waals surface area contributed by atoms with Gasteiger partial charge < -0.3 is 15.5 Å². The summed E-state index contributed by atoms with van der Waals surface area (Å²) in [6, 6.07) is -0.881. The Morgan fingerprint density at radius 2 is 2.03 bits per heavy atom. The third-order valence-electron chi connectivity index (χ3n) is 5.36. The van der Waals surface area contributed by atoms with E-state index in [1.165, 1.54) is 35.4 Å². The number of anilines is 1. The number of hydrogen-bond donors (Lipinski definition) is 2. The summed E-state index contributed by atoms with van der Waals surface area (Å²) >= 11 is 0. The molecule has 1 saturated heterocycles. The summed E-state index contributed by atoms with van der Waals surface area (Å²) in [4.78, 5) is 18.7. The van der Waals surface area contributed by atoms with Crippen molar-refractivity contribution in [2.45, 2.75) is 31.0 Å². The first kappa shape index (κ1) is 23.1. The maximum Gasteiger partial charge on any atom is 0.437 e. The number of halogens is 6. The first-order valence-corrected chi connectivity index (χ1v) is 9.96. The van der Waals surface area contributed by atoms with Crippen LogP contribution in [0.25, 0.3) is 0 Å². The van der Waals surface area contributed by atoms with Crippen LogP contribution in [0.2, 0.25) is 0 Å². The highest BCUT2D eigenvalue weighted by molar-refractivity contribution is 6.04. The molecule has 1 aromatic heterocycles. The molecule has 4 heterocycles. The first-order chi connectivity index (χ1) is 15.4. The summed E-state index contributed by atoms with van der Waals surface area (Å²) in [5.41, 5.74) is -1.75. The van der Waals surface area contributed by atoms with Crippen molar-refractivity contribution in [2.24, 2.45) is 23.1 Å². The molecule has 2 N–H and O–H groups in total. The van der Waals surface area contributed by atoms with Crippen molar-refractivity contribution in [2.75, 3.05) is 25.0 Å². The van der Waals surface area contributed by atoms with E-state index in [2.05, 4.69) is 25.8 Å². The molecule has 0 radical (unpaired) electrons. The fraction of sp³-hybridized carbons (Fsp3) is 0.556. The van der Waals surface area contributed by atoms with Crippen LogP contribution in [0.5, 0.6) is 0 Å². The SMILES string of the molecule is Cn1cc(NC(=O)C2C=NN3C=CC(N4CCNCC4CC(F)(F)F)=NC23)c(C(F)(F)F)n1. The number of nitrogens with zero attached hydrogens (tertiary/aromatic N) is 6. The van der Waals surface area contributed by atoms with Crippen LogP contribution in [-0.4, -0.2) is 75.7 Å². The fourth-order valence-electron chi connectivity index (χ4n) is 3.94. The lowest BCUT2D eigenvalue weighted by molar-refractivity contribution is -0.145. The van der Waals surface area contributed by atoms with E-state index >= 15 is 0 Å². The van der Waals surface area contributed by atoms with Gasteiger partial charge in [0.25, 0.3) is 0 Å². The van der Waals surface area contributed by atoms with Crippen LogP contribution in [0.15, 0.2) is 28.6 Å². The molecular weight excluding hydrogens is 458 g/mol. The number of hydrazone groups is 1. The van der Waals surface area contributed by atoms with Gasteiger partial charge in [0.15, 0.2) is 11.9 Å². The summed E-state index contributed by atoms with van der Waals surface area (Å²) < 4.78 is 79.5.